The predicted molar refractivity (Wildman–Crippen MR) is 165 cm³/mol. The molecular formula is C31H46BN3O8. The van der Waals surface area contributed by atoms with Crippen LogP contribution < -0.4 is 30.2 Å². The monoisotopic (exact) mass is 599 g/mol. The van der Waals surface area contributed by atoms with Crippen molar-refractivity contribution < 1.29 is 38.6 Å². The van der Waals surface area contributed by atoms with E-state index in [0.29, 0.717) is 35.7 Å². The number of aryl methyl sites for hydroxylation is 1. The van der Waals surface area contributed by atoms with Gasteiger partial charge in [-0.2, -0.15) is 0 Å². The summed E-state index contributed by atoms with van der Waals surface area (Å²) in [6, 6.07) is 10.9. The van der Waals surface area contributed by atoms with Crippen LogP contribution in [0.5, 0.6) is 17.2 Å². The van der Waals surface area contributed by atoms with E-state index in [1.165, 1.54) is 21.3 Å². The standard InChI is InChI=1S/C31H46BN3O8/c1-19(2)17-25(32(39)40)34-31(38)27(20(3)4)35-30(37)23(33-26(36)16-13-21-11-9-8-10-12-21)18-22-14-15-24(41-5)29(43-7)28(22)42-6/h8-12,14-15,19-20,23,25,27,39-40H,13,16-18H2,1-7H3,(H,33,36)(H,34,38)(H,35,37)/t23-,25+,27-/m0/s1. The number of carbonyl (C=O) groups excluding carboxylic acids is 3. The second-order valence-electron chi connectivity index (χ2n) is 11.2. The Kier molecular flexibility index (Phi) is 14.3. The Labute approximate surface area is 254 Å². The van der Waals surface area contributed by atoms with Crippen molar-refractivity contribution in [2.24, 2.45) is 11.8 Å². The van der Waals surface area contributed by atoms with Crippen molar-refractivity contribution in [3.05, 3.63) is 53.6 Å². The predicted octanol–water partition coefficient (Wildman–Crippen LogP) is 2.06. The van der Waals surface area contributed by atoms with E-state index < -0.39 is 37.0 Å². The molecule has 0 saturated carbocycles. The lowest BCUT2D eigenvalue weighted by Crippen LogP contribution is -2.59. The Balaban J connectivity index is 2.34. The fraction of sp³-hybridized carbons (Fsp3) is 0.516. The topological polar surface area (TPSA) is 155 Å². The van der Waals surface area contributed by atoms with Gasteiger partial charge in [0.1, 0.15) is 12.1 Å². The summed E-state index contributed by atoms with van der Waals surface area (Å²) in [5, 5.41) is 27.9. The van der Waals surface area contributed by atoms with Gasteiger partial charge in [-0.1, -0.05) is 64.1 Å². The maximum atomic E-state index is 13.7. The molecule has 0 saturated heterocycles. The highest BCUT2D eigenvalue weighted by Crippen LogP contribution is 2.40. The average Bonchev–Trinajstić information content (AvgIpc) is 2.97. The van der Waals surface area contributed by atoms with Gasteiger partial charge in [-0.05, 0) is 36.3 Å². The molecule has 3 atom stereocenters. The van der Waals surface area contributed by atoms with Gasteiger partial charge in [0.05, 0.1) is 27.3 Å². The zero-order chi connectivity index (χ0) is 32.1. The number of ether oxygens (including phenoxy) is 3. The van der Waals surface area contributed by atoms with Gasteiger partial charge < -0.3 is 40.2 Å². The minimum atomic E-state index is -1.76. The SMILES string of the molecule is COc1ccc(C[C@H](NC(=O)CCc2ccccc2)C(=O)N[C@H](C(=O)N[C@H](CC(C)C)B(O)O)C(C)C)c(OC)c1OC. The van der Waals surface area contributed by atoms with Gasteiger partial charge in [-0.25, -0.2) is 0 Å². The van der Waals surface area contributed by atoms with Crippen LogP contribution in [0.15, 0.2) is 42.5 Å². The first-order valence-electron chi connectivity index (χ1n) is 14.5. The lowest BCUT2D eigenvalue weighted by atomic mass is 9.75. The van der Waals surface area contributed by atoms with Crippen molar-refractivity contribution in [3.63, 3.8) is 0 Å². The van der Waals surface area contributed by atoms with Crippen LogP contribution in [-0.2, 0) is 27.2 Å². The maximum absolute atomic E-state index is 13.7. The molecule has 236 valence electrons. The molecule has 0 unspecified atom stereocenters. The van der Waals surface area contributed by atoms with Gasteiger partial charge in [0.2, 0.25) is 23.5 Å². The summed E-state index contributed by atoms with van der Waals surface area (Å²) in [4.78, 5) is 40.1. The molecule has 0 bridgehead atoms. The first kappa shape index (κ1) is 35.4. The van der Waals surface area contributed by atoms with Crippen molar-refractivity contribution >= 4 is 24.8 Å². The summed E-state index contributed by atoms with van der Waals surface area (Å²) in [6.07, 6.45) is 1.00. The second-order valence-corrected chi connectivity index (χ2v) is 11.2. The molecule has 2 rings (SSSR count). The number of benzene rings is 2. The van der Waals surface area contributed by atoms with Crippen molar-refractivity contribution in [2.45, 2.75) is 71.4 Å². The van der Waals surface area contributed by atoms with Crippen molar-refractivity contribution in [2.75, 3.05) is 21.3 Å². The Hall–Kier alpha value is -3.77. The van der Waals surface area contributed by atoms with Gasteiger partial charge in [-0.15, -0.1) is 0 Å². The van der Waals surface area contributed by atoms with Crippen LogP contribution in [0.3, 0.4) is 0 Å². The van der Waals surface area contributed by atoms with Crippen LogP contribution in [-0.4, -0.2) is 74.2 Å². The summed E-state index contributed by atoms with van der Waals surface area (Å²) in [5.74, 6) is -1.50. The average molecular weight is 600 g/mol. The third kappa shape index (κ3) is 10.8. The number of rotatable bonds is 17. The van der Waals surface area contributed by atoms with E-state index in [0.717, 1.165) is 5.56 Å². The highest BCUT2D eigenvalue weighted by Gasteiger charge is 2.33. The molecular weight excluding hydrogens is 553 g/mol. The summed E-state index contributed by atoms with van der Waals surface area (Å²) >= 11 is 0. The Morgan fingerprint density at radius 2 is 1.47 bits per heavy atom. The molecule has 0 aliphatic rings. The van der Waals surface area contributed by atoms with Crippen LogP contribution in [0.25, 0.3) is 0 Å². The van der Waals surface area contributed by atoms with Crippen molar-refractivity contribution in [1.82, 2.24) is 16.0 Å². The number of nitrogens with one attached hydrogen (secondary N) is 3. The van der Waals surface area contributed by atoms with Crippen LogP contribution in [0.4, 0.5) is 0 Å². The zero-order valence-electron chi connectivity index (χ0n) is 26.2. The van der Waals surface area contributed by atoms with Gasteiger partial charge in [0.15, 0.2) is 11.5 Å². The first-order valence-corrected chi connectivity index (χ1v) is 14.5. The largest absolute Gasteiger partial charge is 0.493 e. The normalized spacial score (nSPS) is 13.1. The molecule has 2 aromatic carbocycles. The highest BCUT2D eigenvalue weighted by atomic mass is 16.5. The molecule has 12 heteroatoms. The Morgan fingerprint density at radius 3 is 2.00 bits per heavy atom. The van der Waals surface area contributed by atoms with Crippen LogP contribution in [0.1, 0.15) is 51.7 Å². The van der Waals surface area contributed by atoms with E-state index in [1.807, 2.05) is 44.2 Å². The first-order chi connectivity index (χ1) is 20.4. The molecule has 43 heavy (non-hydrogen) atoms. The van der Waals surface area contributed by atoms with E-state index in [1.54, 1.807) is 26.0 Å². The van der Waals surface area contributed by atoms with Crippen molar-refractivity contribution in [3.8, 4) is 17.2 Å². The fourth-order valence-electron chi connectivity index (χ4n) is 4.75. The van der Waals surface area contributed by atoms with Gasteiger partial charge in [0, 0.05) is 18.4 Å². The summed E-state index contributed by atoms with van der Waals surface area (Å²) < 4.78 is 16.5. The molecule has 0 heterocycles. The number of hydrogen-bond donors (Lipinski definition) is 5. The molecule has 0 spiro atoms. The third-order valence-corrected chi connectivity index (χ3v) is 7.00. The van der Waals surface area contributed by atoms with E-state index in [2.05, 4.69) is 16.0 Å². The summed E-state index contributed by atoms with van der Waals surface area (Å²) in [7, 11) is 2.68. The van der Waals surface area contributed by atoms with Gasteiger partial charge in [0.25, 0.3) is 0 Å². The van der Waals surface area contributed by atoms with E-state index >= 15 is 0 Å². The van der Waals surface area contributed by atoms with Gasteiger partial charge in [-0.3, -0.25) is 14.4 Å². The van der Waals surface area contributed by atoms with E-state index in [4.69, 9.17) is 14.2 Å². The lowest BCUT2D eigenvalue weighted by molar-refractivity contribution is -0.133. The summed E-state index contributed by atoms with van der Waals surface area (Å²) in [6.45, 7) is 7.33. The molecule has 5 N–H and O–H groups in total. The number of carbonyl (C=O) groups is 3. The maximum Gasteiger partial charge on any atom is 0.475 e. The smallest absolute Gasteiger partial charge is 0.475 e. The molecule has 0 aromatic heterocycles. The van der Waals surface area contributed by atoms with Crippen LogP contribution in [0.2, 0.25) is 0 Å². The molecule has 11 nitrogen and oxygen atoms in total. The molecule has 0 radical (unpaired) electrons. The minimum absolute atomic E-state index is 0.0319. The lowest BCUT2D eigenvalue weighted by Gasteiger charge is -2.28. The Bertz CT molecular complexity index is 1190. The summed E-state index contributed by atoms with van der Waals surface area (Å²) in [5.41, 5.74) is 1.56. The van der Waals surface area contributed by atoms with Gasteiger partial charge >= 0.3 is 7.12 Å². The van der Waals surface area contributed by atoms with Crippen LogP contribution in [0, 0.1) is 11.8 Å². The van der Waals surface area contributed by atoms with E-state index in [9.17, 15) is 24.4 Å². The minimum Gasteiger partial charge on any atom is -0.493 e. The number of amides is 3. The molecule has 0 aliphatic carbocycles. The highest BCUT2D eigenvalue weighted by molar-refractivity contribution is 6.43. The number of methoxy groups -OCH3 is 3. The van der Waals surface area contributed by atoms with Crippen LogP contribution >= 0.6 is 0 Å². The molecule has 3 amide bonds. The molecule has 0 fully saturated rings. The Morgan fingerprint density at radius 1 is 0.814 bits per heavy atom. The van der Waals surface area contributed by atoms with E-state index in [-0.39, 0.29) is 30.6 Å². The molecule has 2 aromatic rings. The van der Waals surface area contributed by atoms with Crippen molar-refractivity contribution in [1.29, 1.82) is 0 Å². The molecule has 0 aliphatic heterocycles. The third-order valence-electron chi connectivity index (χ3n) is 7.00. The number of hydrogen-bond acceptors (Lipinski definition) is 8. The fourth-order valence-corrected chi connectivity index (χ4v) is 4.75. The zero-order valence-corrected chi connectivity index (χ0v) is 26.2. The quantitative estimate of drug-likeness (QED) is 0.173. The second kappa shape index (κ2) is 17.4.